The Morgan fingerprint density at radius 3 is 2.70 bits per heavy atom. The number of halogens is 1. The van der Waals surface area contributed by atoms with Crippen molar-refractivity contribution in [1.29, 1.82) is 0 Å². The van der Waals surface area contributed by atoms with Crippen LogP contribution in [0.4, 0.5) is 4.39 Å². The quantitative estimate of drug-likeness (QED) is 0.836. The van der Waals surface area contributed by atoms with E-state index in [9.17, 15) is 9.18 Å². The van der Waals surface area contributed by atoms with Gasteiger partial charge in [0.25, 0.3) is 0 Å². The van der Waals surface area contributed by atoms with Crippen LogP contribution in [0.25, 0.3) is 0 Å². The second kappa shape index (κ2) is 6.81. The van der Waals surface area contributed by atoms with Crippen LogP contribution < -0.4 is 0 Å². The van der Waals surface area contributed by atoms with Gasteiger partial charge in [0.2, 0.25) is 5.91 Å². The van der Waals surface area contributed by atoms with Crippen molar-refractivity contribution in [1.82, 2.24) is 9.80 Å². The Morgan fingerprint density at radius 2 is 2.05 bits per heavy atom. The van der Waals surface area contributed by atoms with Crippen molar-refractivity contribution in [3.63, 3.8) is 0 Å². The summed E-state index contributed by atoms with van der Waals surface area (Å²) < 4.78 is 18.6. The van der Waals surface area contributed by atoms with Crippen LogP contribution in [0.15, 0.2) is 18.2 Å². The van der Waals surface area contributed by atoms with Gasteiger partial charge in [0.05, 0.1) is 19.8 Å². The first-order valence-corrected chi connectivity index (χ1v) is 6.85. The Kier molecular flexibility index (Phi) is 5.09. The monoisotopic (exact) mass is 280 g/mol. The van der Waals surface area contributed by atoms with E-state index in [4.69, 9.17) is 4.74 Å². The SMILES string of the molecule is Cc1cc(F)cc(CN(C)CC(=O)N2CCOCC2)c1. The van der Waals surface area contributed by atoms with Crippen LogP contribution in [-0.4, -0.2) is 55.6 Å². The predicted octanol–water partition coefficient (Wildman–Crippen LogP) is 1.42. The summed E-state index contributed by atoms with van der Waals surface area (Å²) in [5.74, 6) is -0.128. The van der Waals surface area contributed by atoms with Crippen LogP contribution >= 0.6 is 0 Å². The molecule has 2 rings (SSSR count). The molecule has 1 aromatic rings. The Hall–Kier alpha value is -1.46. The molecule has 0 aromatic heterocycles. The third-order valence-electron chi connectivity index (χ3n) is 3.32. The molecule has 0 bridgehead atoms. The maximum atomic E-state index is 13.3. The summed E-state index contributed by atoms with van der Waals surface area (Å²) in [6.07, 6.45) is 0. The topological polar surface area (TPSA) is 32.8 Å². The van der Waals surface area contributed by atoms with Crippen LogP contribution in [0, 0.1) is 12.7 Å². The number of amides is 1. The van der Waals surface area contributed by atoms with Crippen molar-refractivity contribution >= 4 is 5.91 Å². The van der Waals surface area contributed by atoms with Crippen molar-refractivity contribution in [2.45, 2.75) is 13.5 Å². The molecule has 110 valence electrons. The van der Waals surface area contributed by atoms with Gasteiger partial charge < -0.3 is 9.64 Å². The van der Waals surface area contributed by atoms with Crippen LogP contribution in [0.1, 0.15) is 11.1 Å². The van der Waals surface area contributed by atoms with Gasteiger partial charge in [-0.15, -0.1) is 0 Å². The minimum Gasteiger partial charge on any atom is -0.378 e. The summed E-state index contributed by atoms with van der Waals surface area (Å²) in [6.45, 7) is 5.31. The fraction of sp³-hybridized carbons (Fsp3) is 0.533. The lowest BCUT2D eigenvalue weighted by molar-refractivity contribution is -0.136. The van der Waals surface area contributed by atoms with Gasteiger partial charge in [0.1, 0.15) is 5.82 Å². The number of hydrogen-bond donors (Lipinski definition) is 0. The summed E-state index contributed by atoms with van der Waals surface area (Å²) in [4.78, 5) is 15.8. The first-order chi connectivity index (χ1) is 9.54. The second-order valence-corrected chi connectivity index (χ2v) is 5.30. The lowest BCUT2D eigenvalue weighted by Gasteiger charge is -2.28. The Labute approximate surface area is 119 Å². The molecule has 1 aliphatic heterocycles. The predicted molar refractivity (Wildman–Crippen MR) is 74.9 cm³/mol. The molecule has 0 aliphatic carbocycles. The molecule has 1 aliphatic rings. The lowest BCUT2D eigenvalue weighted by atomic mass is 10.1. The van der Waals surface area contributed by atoms with Gasteiger partial charge in [0, 0.05) is 19.6 Å². The third kappa shape index (κ3) is 4.28. The summed E-state index contributed by atoms with van der Waals surface area (Å²) in [5, 5.41) is 0. The number of benzene rings is 1. The molecule has 0 N–H and O–H groups in total. The van der Waals surface area contributed by atoms with Crippen LogP contribution in [0.2, 0.25) is 0 Å². The van der Waals surface area contributed by atoms with Gasteiger partial charge in [0.15, 0.2) is 0 Å². The van der Waals surface area contributed by atoms with Gasteiger partial charge in [-0.1, -0.05) is 6.07 Å². The molecule has 20 heavy (non-hydrogen) atoms. The minimum absolute atomic E-state index is 0.101. The molecule has 1 amide bonds. The number of rotatable bonds is 4. The van der Waals surface area contributed by atoms with Gasteiger partial charge >= 0.3 is 0 Å². The molecule has 0 spiro atoms. The van der Waals surface area contributed by atoms with E-state index in [1.54, 1.807) is 0 Å². The Balaban J connectivity index is 1.88. The van der Waals surface area contributed by atoms with Gasteiger partial charge in [-0.2, -0.15) is 0 Å². The molecule has 0 radical (unpaired) electrons. The van der Waals surface area contributed by atoms with E-state index in [1.165, 1.54) is 12.1 Å². The van der Waals surface area contributed by atoms with Crippen LogP contribution in [0.3, 0.4) is 0 Å². The summed E-state index contributed by atoms with van der Waals surface area (Å²) in [7, 11) is 1.87. The zero-order valence-electron chi connectivity index (χ0n) is 12.1. The maximum absolute atomic E-state index is 13.3. The number of carbonyl (C=O) groups excluding carboxylic acids is 1. The zero-order valence-corrected chi connectivity index (χ0v) is 12.1. The van der Waals surface area contributed by atoms with Crippen molar-refractivity contribution in [3.05, 3.63) is 35.1 Å². The van der Waals surface area contributed by atoms with Crippen LogP contribution in [0.5, 0.6) is 0 Å². The second-order valence-electron chi connectivity index (χ2n) is 5.30. The van der Waals surface area contributed by atoms with Crippen LogP contribution in [-0.2, 0) is 16.1 Å². The molecule has 5 heteroatoms. The smallest absolute Gasteiger partial charge is 0.236 e. The van der Waals surface area contributed by atoms with E-state index in [0.29, 0.717) is 39.4 Å². The molecular formula is C15H21FN2O2. The molecule has 1 aromatic carbocycles. The fourth-order valence-corrected chi connectivity index (χ4v) is 2.41. The Morgan fingerprint density at radius 1 is 1.35 bits per heavy atom. The highest BCUT2D eigenvalue weighted by atomic mass is 19.1. The molecule has 0 saturated carbocycles. The Bertz CT molecular complexity index is 453. The average molecular weight is 280 g/mol. The van der Waals surface area contributed by atoms with Gasteiger partial charge in [-0.05, 0) is 37.2 Å². The highest BCUT2D eigenvalue weighted by Gasteiger charge is 2.18. The van der Waals surface area contributed by atoms with Gasteiger partial charge in [-0.25, -0.2) is 4.39 Å². The van der Waals surface area contributed by atoms with Crippen molar-refractivity contribution in [2.24, 2.45) is 0 Å². The molecule has 1 fully saturated rings. The molecule has 1 heterocycles. The zero-order chi connectivity index (χ0) is 14.5. The molecule has 1 saturated heterocycles. The largest absolute Gasteiger partial charge is 0.378 e. The third-order valence-corrected chi connectivity index (χ3v) is 3.32. The number of aryl methyl sites for hydroxylation is 1. The number of hydrogen-bond acceptors (Lipinski definition) is 3. The van der Waals surface area contributed by atoms with E-state index < -0.39 is 0 Å². The summed E-state index contributed by atoms with van der Waals surface area (Å²) >= 11 is 0. The minimum atomic E-state index is -0.229. The fourth-order valence-electron chi connectivity index (χ4n) is 2.41. The number of carbonyl (C=O) groups is 1. The first-order valence-electron chi connectivity index (χ1n) is 6.85. The number of ether oxygens (including phenoxy) is 1. The van der Waals surface area contributed by atoms with E-state index in [2.05, 4.69) is 0 Å². The number of nitrogens with zero attached hydrogens (tertiary/aromatic N) is 2. The lowest BCUT2D eigenvalue weighted by Crippen LogP contribution is -2.44. The van der Waals surface area contributed by atoms with E-state index >= 15 is 0 Å². The van der Waals surface area contributed by atoms with E-state index in [1.807, 2.05) is 29.8 Å². The molecule has 0 atom stereocenters. The highest BCUT2D eigenvalue weighted by Crippen LogP contribution is 2.10. The number of morpholine rings is 1. The van der Waals surface area contributed by atoms with Gasteiger partial charge in [-0.3, -0.25) is 9.69 Å². The molecule has 0 unspecified atom stereocenters. The maximum Gasteiger partial charge on any atom is 0.236 e. The van der Waals surface area contributed by atoms with E-state index in [-0.39, 0.29) is 11.7 Å². The summed E-state index contributed by atoms with van der Waals surface area (Å²) in [6, 6.07) is 4.96. The summed E-state index contributed by atoms with van der Waals surface area (Å²) in [5.41, 5.74) is 1.78. The normalized spacial score (nSPS) is 15.7. The highest BCUT2D eigenvalue weighted by molar-refractivity contribution is 5.78. The molecule has 4 nitrogen and oxygen atoms in total. The van der Waals surface area contributed by atoms with Crippen molar-refractivity contribution < 1.29 is 13.9 Å². The van der Waals surface area contributed by atoms with Crippen molar-refractivity contribution in [3.8, 4) is 0 Å². The van der Waals surface area contributed by atoms with E-state index in [0.717, 1.165) is 11.1 Å². The average Bonchev–Trinajstić information content (AvgIpc) is 2.38. The standard InChI is InChI=1S/C15H21FN2O2/c1-12-7-13(9-14(16)8-12)10-17(2)11-15(19)18-3-5-20-6-4-18/h7-9H,3-6,10-11H2,1-2H3. The molecular weight excluding hydrogens is 259 g/mol. The first kappa shape index (κ1) is 14.9. The number of likely N-dealkylation sites (N-methyl/N-ethyl adjacent to an activating group) is 1. The van der Waals surface area contributed by atoms with Crippen molar-refractivity contribution in [2.75, 3.05) is 39.9 Å².